The summed E-state index contributed by atoms with van der Waals surface area (Å²) in [6.07, 6.45) is 2.67. The molecule has 2 amide bonds. The van der Waals surface area contributed by atoms with E-state index in [1.54, 1.807) is 19.1 Å². The third kappa shape index (κ3) is 3.91. The Morgan fingerprint density at radius 2 is 2.06 bits per heavy atom. The number of hydrogen-bond donors (Lipinski definition) is 2. The van der Waals surface area contributed by atoms with Gasteiger partial charge in [0.15, 0.2) is 17.3 Å². The third-order valence-corrected chi connectivity index (χ3v) is 6.97. The van der Waals surface area contributed by atoms with E-state index in [-0.39, 0.29) is 34.0 Å². The molecule has 0 aromatic carbocycles. The molecule has 6 rings (SSSR count). The van der Waals surface area contributed by atoms with E-state index in [9.17, 15) is 14.0 Å². The van der Waals surface area contributed by atoms with Gasteiger partial charge in [0.2, 0.25) is 5.91 Å². The fourth-order valence-electron chi connectivity index (χ4n) is 4.78. The van der Waals surface area contributed by atoms with Gasteiger partial charge in [0.1, 0.15) is 11.3 Å². The molecule has 3 fully saturated rings. The molecule has 36 heavy (non-hydrogen) atoms. The Morgan fingerprint density at radius 3 is 2.72 bits per heavy atom. The molecule has 11 nitrogen and oxygen atoms in total. The lowest BCUT2D eigenvalue weighted by molar-refractivity contribution is -0.179. The highest BCUT2D eigenvalue weighted by Crippen LogP contribution is 2.73. The van der Waals surface area contributed by atoms with Crippen molar-refractivity contribution in [3.05, 3.63) is 47.1 Å². The molecule has 3 aliphatic rings. The van der Waals surface area contributed by atoms with Crippen LogP contribution in [0.5, 0.6) is 0 Å². The number of nitriles is 1. The lowest BCUT2D eigenvalue weighted by Gasteiger charge is -2.65. The zero-order chi connectivity index (χ0) is 25.7. The van der Waals surface area contributed by atoms with Crippen LogP contribution in [0, 0.1) is 28.0 Å². The zero-order valence-corrected chi connectivity index (χ0v) is 20.0. The Hall–Kier alpha value is -4.11. The fourth-order valence-corrected chi connectivity index (χ4v) is 5.05. The SMILES string of the molecule is C[C@@H](OC(=O)Nc1c(-c2cc(F)c(NC(=O)C34CC(C#N)(C3)C4)cn2)nnn1C)c1cccnc1Cl. The quantitative estimate of drug-likeness (QED) is 0.472. The second-order valence-electron chi connectivity index (χ2n) is 9.17. The number of rotatable bonds is 6. The first-order valence-corrected chi connectivity index (χ1v) is 11.4. The summed E-state index contributed by atoms with van der Waals surface area (Å²) in [7, 11) is 1.54. The standard InChI is InChI=1S/C23H20ClFN8O3/c1-12(13-4-3-5-27-18(13)24)36-21(35)30-19-17(31-32-33(19)2)15-6-14(25)16(7-28-15)29-20(34)23-8-22(9-23,10-23)11-26/h3-7,12H,8-10H2,1-2H3,(H,29,34)(H,30,35)/t12-,22?,23?/m1/s1. The van der Waals surface area contributed by atoms with E-state index in [1.165, 1.54) is 24.1 Å². The molecular weight excluding hydrogens is 491 g/mol. The number of carbonyl (C=O) groups excluding carboxylic acids is 2. The van der Waals surface area contributed by atoms with Crippen molar-refractivity contribution in [1.29, 1.82) is 5.26 Å². The Balaban J connectivity index is 1.28. The number of amides is 2. The summed E-state index contributed by atoms with van der Waals surface area (Å²) in [5, 5.41) is 22.3. The highest BCUT2D eigenvalue weighted by molar-refractivity contribution is 6.30. The van der Waals surface area contributed by atoms with E-state index in [0.717, 1.165) is 6.07 Å². The number of hydrogen-bond acceptors (Lipinski definition) is 8. The van der Waals surface area contributed by atoms with Gasteiger partial charge in [-0.1, -0.05) is 22.9 Å². The van der Waals surface area contributed by atoms with Crippen molar-refractivity contribution in [3.63, 3.8) is 0 Å². The minimum atomic E-state index is -0.813. The lowest BCUT2D eigenvalue weighted by Crippen LogP contribution is -2.66. The van der Waals surface area contributed by atoms with Crippen LogP contribution in [-0.4, -0.2) is 37.0 Å². The van der Waals surface area contributed by atoms with Crippen molar-refractivity contribution in [2.45, 2.75) is 32.3 Å². The predicted octanol–water partition coefficient (Wildman–Crippen LogP) is 4.01. The Bertz CT molecular complexity index is 1420. The van der Waals surface area contributed by atoms with Crippen molar-refractivity contribution in [2.75, 3.05) is 10.6 Å². The predicted molar refractivity (Wildman–Crippen MR) is 125 cm³/mol. The molecule has 2 N–H and O–H groups in total. The number of nitrogens with zero attached hydrogens (tertiary/aromatic N) is 6. The molecule has 0 radical (unpaired) electrons. The minimum absolute atomic E-state index is 0.0838. The smallest absolute Gasteiger partial charge is 0.413 e. The molecule has 0 aliphatic heterocycles. The summed E-state index contributed by atoms with van der Waals surface area (Å²) in [4.78, 5) is 33.3. The van der Waals surface area contributed by atoms with Crippen molar-refractivity contribution in [3.8, 4) is 17.5 Å². The number of pyridine rings is 2. The van der Waals surface area contributed by atoms with Gasteiger partial charge in [0.05, 0.1) is 34.5 Å². The maximum atomic E-state index is 14.9. The second-order valence-corrected chi connectivity index (χ2v) is 9.53. The number of ether oxygens (including phenoxy) is 1. The van der Waals surface area contributed by atoms with E-state index >= 15 is 0 Å². The van der Waals surface area contributed by atoms with Gasteiger partial charge in [-0.05, 0) is 32.3 Å². The van der Waals surface area contributed by atoms with Crippen LogP contribution in [0.2, 0.25) is 5.15 Å². The van der Waals surface area contributed by atoms with Crippen LogP contribution < -0.4 is 10.6 Å². The van der Waals surface area contributed by atoms with Crippen LogP contribution in [0.15, 0.2) is 30.6 Å². The summed E-state index contributed by atoms with van der Waals surface area (Å²) >= 11 is 6.06. The molecule has 0 spiro atoms. The highest BCUT2D eigenvalue weighted by Gasteiger charge is 2.72. The van der Waals surface area contributed by atoms with Crippen molar-refractivity contribution in [2.24, 2.45) is 17.9 Å². The number of aromatic nitrogens is 5. The molecule has 3 aliphatic carbocycles. The van der Waals surface area contributed by atoms with Crippen LogP contribution in [0.1, 0.15) is 37.9 Å². The van der Waals surface area contributed by atoms with Crippen LogP contribution in [0.3, 0.4) is 0 Å². The van der Waals surface area contributed by atoms with E-state index in [4.69, 9.17) is 21.6 Å². The first-order valence-electron chi connectivity index (χ1n) is 11.0. The molecule has 3 saturated carbocycles. The lowest BCUT2D eigenvalue weighted by atomic mass is 9.35. The topological polar surface area (TPSA) is 148 Å². The normalized spacial score (nSPS) is 22.4. The monoisotopic (exact) mass is 510 g/mol. The van der Waals surface area contributed by atoms with E-state index in [0.29, 0.717) is 24.8 Å². The van der Waals surface area contributed by atoms with Crippen LogP contribution in [0.4, 0.5) is 20.7 Å². The number of halogens is 2. The van der Waals surface area contributed by atoms with E-state index in [2.05, 4.69) is 37.0 Å². The van der Waals surface area contributed by atoms with E-state index in [1.807, 2.05) is 0 Å². The maximum absolute atomic E-state index is 14.9. The number of nitrogens with one attached hydrogen (secondary N) is 2. The minimum Gasteiger partial charge on any atom is -0.441 e. The molecule has 2 bridgehead atoms. The molecule has 0 saturated heterocycles. The number of aryl methyl sites for hydroxylation is 1. The van der Waals surface area contributed by atoms with Crippen LogP contribution in [0.25, 0.3) is 11.4 Å². The maximum Gasteiger partial charge on any atom is 0.413 e. The molecule has 1 atom stereocenters. The first-order chi connectivity index (χ1) is 17.2. The van der Waals surface area contributed by atoms with Crippen LogP contribution in [-0.2, 0) is 16.6 Å². The Kier molecular flexibility index (Phi) is 5.60. The van der Waals surface area contributed by atoms with Gasteiger partial charge >= 0.3 is 6.09 Å². The molecule has 0 unspecified atom stereocenters. The second kappa shape index (κ2) is 8.53. The molecule has 184 valence electrons. The summed E-state index contributed by atoms with van der Waals surface area (Å²) in [5.74, 6) is -0.918. The molecule has 3 heterocycles. The molecule has 3 aromatic heterocycles. The first kappa shape index (κ1) is 23.6. The summed E-state index contributed by atoms with van der Waals surface area (Å²) in [6, 6.07) is 6.69. The molecule has 3 aromatic rings. The van der Waals surface area contributed by atoms with Gasteiger partial charge in [-0.3, -0.25) is 15.1 Å². The Morgan fingerprint density at radius 1 is 1.31 bits per heavy atom. The van der Waals surface area contributed by atoms with Gasteiger partial charge in [-0.25, -0.2) is 18.9 Å². The zero-order valence-electron chi connectivity index (χ0n) is 19.2. The fraction of sp³-hybridized carbons (Fsp3) is 0.348. The number of carbonyl (C=O) groups is 2. The van der Waals surface area contributed by atoms with Gasteiger partial charge in [-0.2, -0.15) is 5.26 Å². The van der Waals surface area contributed by atoms with Gasteiger partial charge < -0.3 is 10.1 Å². The third-order valence-electron chi connectivity index (χ3n) is 6.65. The van der Waals surface area contributed by atoms with Crippen LogP contribution >= 0.6 is 11.6 Å². The summed E-state index contributed by atoms with van der Waals surface area (Å²) < 4.78 is 21.5. The van der Waals surface area contributed by atoms with Gasteiger partial charge in [0.25, 0.3) is 0 Å². The van der Waals surface area contributed by atoms with Crippen molar-refractivity contribution in [1.82, 2.24) is 25.0 Å². The van der Waals surface area contributed by atoms with Gasteiger partial charge in [0, 0.05) is 24.9 Å². The molecular formula is C23H20ClFN8O3. The van der Waals surface area contributed by atoms with Crippen molar-refractivity contribution >= 4 is 35.1 Å². The average molecular weight is 511 g/mol. The average Bonchev–Trinajstić information content (AvgIpc) is 3.14. The Labute approximate surface area is 209 Å². The summed E-state index contributed by atoms with van der Waals surface area (Å²) in [5.41, 5.74) is -0.350. The summed E-state index contributed by atoms with van der Waals surface area (Å²) in [6.45, 7) is 1.64. The highest BCUT2D eigenvalue weighted by atomic mass is 35.5. The molecule has 13 heteroatoms. The number of anilines is 2. The van der Waals surface area contributed by atoms with E-state index < -0.39 is 28.8 Å². The largest absolute Gasteiger partial charge is 0.441 e. The van der Waals surface area contributed by atoms with Gasteiger partial charge in [-0.15, -0.1) is 5.10 Å². The van der Waals surface area contributed by atoms with Crippen molar-refractivity contribution < 1.29 is 18.7 Å².